The molecule has 0 spiro atoms. The van der Waals surface area contributed by atoms with E-state index in [0.29, 0.717) is 0 Å². The zero-order valence-electron chi connectivity index (χ0n) is 14.9. The topological polar surface area (TPSA) is 69.9 Å². The highest BCUT2D eigenvalue weighted by Crippen LogP contribution is 2.33. The molecule has 0 saturated carbocycles. The van der Waals surface area contributed by atoms with Gasteiger partial charge in [0.2, 0.25) is 0 Å². The van der Waals surface area contributed by atoms with E-state index in [0.717, 1.165) is 17.5 Å². The molecule has 0 aliphatic carbocycles. The van der Waals surface area contributed by atoms with E-state index >= 15 is 0 Å². The Bertz CT molecular complexity index is 742. The molecule has 0 radical (unpaired) electrons. The largest absolute Gasteiger partial charge is 0.388 e. The summed E-state index contributed by atoms with van der Waals surface area (Å²) in [6.07, 6.45) is -3.83. The van der Waals surface area contributed by atoms with E-state index in [-0.39, 0.29) is 0 Å². The van der Waals surface area contributed by atoms with Crippen LogP contribution in [0.3, 0.4) is 0 Å². The fraction of sp³-hybridized carbons (Fsp3) is 0.429. The van der Waals surface area contributed by atoms with Crippen molar-refractivity contribution < 1.29 is 20.1 Å². The van der Waals surface area contributed by atoms with Crippen molar-refractivity contribution in [3.05, 3.63) is 70.3 Å². The Balaban J connectivity index is 1.88. The van der Waals surface area contributed by atoms with Gasteiger partial charge in [-0.2, -0.15) is 0 Å². The van der Waals surface area contributed by atoms with Gasteiger partial charge in [0.15, 0.2) is 0 Å². The standard InChI is InChI=1S/C21H26O4/c1-12-5-4-6-15(9-12)10-17-11-16(8-7-13(17)2)21-20(24)19(23)18(22)14(3)25-21/h4-9,11,14,18-24H,10H2,1-3H3/t14-,18-,19+,20-,21+/m1/s1. The van der Waals surface area contributed by atoms with Gasteiger partial charge in [-0.25, -0.2) is 0 Å². The monoisotopic (exact) mass is 342 g/mol. The first-order valence-electron chi connectivity index (χ1n) is 8.71. The highest BCUT2D eigenvalue weighted by molar-refractivity contribution is 5.37. The molecular formula is C21H26O4. The number of aliphatic hydroxyl groups excluding tert-OH is 3. The van der Waals surface area contributed by atoms with Gasteiger partial charge in [0.1, 0.15) is 24.4 Å². The quantitative estimate of drug-likeness (QED) is 0.801. The summed E-state index contributed by atoms with van der Waals surface area (Å²) in [5.41, 5.74) is 5.60. The molecule has 3 N–H and O–H groups in total. The number of benzene rings is 2. The summed E-state index contributed by atoms with van der Waals surface area (Å²) in [5.74, 6) is 0. The normalized spacial score (nSPS) is 29.6. The molecule has 1 saturated heterocycles. The Morgan fingerprint density at radius 2 is 1.68 bits per heavy atom. The molecule has 4 nitrogen and oxygen atoms in total. The van der Waals surface area contributed by atoms with Crippen LogP contribution in [-0.2, 0) is 11.2 Å². The maximum atomic E-state index is 10.3. The lowest BCUT2D eigenvalue weighted by Crippen LogP contribution is -2.53. The Hall–Kier alpha value is -1.72. The van der Waals surface area contributed by atoms with Gasteiger partial charge in [-0.05, 0) is 49.4 Å². The molecule has 0 aromatic heterocycles. The summed E-state index contributed by atoms with van der Waals surface area (Å²) < 4.78 is 5.77. The van der Waals surface area contributed by atoms with E-state index in [1.54, 1.807) is 6.92 Å². The van der Waals surface area contributed by atoms with Gasteiger partial charge in [-0.15, -0.1) is 0 Å². The third-order valence-corrected chi connectivity index (χ3v) is 5.03. The molecule has 0 amide bonds. The van der Waals surface area contributed by atoms with Crippen molar-refractivity contribution in [3.8, 4) is 0 Å². The first-order chi connectivity index (χ1) is 11.9. The molecule has 0 unspecified atom stereocenters. The molecule has 3 rings (SSSR count). The lowest BCUT2D eigenvalue weighted by atomic mass is 9.89. The number of aliphatic hydroxyl groups is 3. The third-order valence-electron chi connectivity index (χ3n) is 5.03. The zero-order valence-corrected chi connectivity index (χ0v) is 14.9. The van der Waals surface area contributed by atoms with Crippen LogP contribution in [0.15, 0.2) is 42.5 Å². The summed E-state index contributed by atoms with van der Waals surface area (Å²) in [5, 5.41) is 30.3. The molecule has 1 fully saturated rings. The minimum atomic E-state index is -1.21. The Kier molecular flexibility index (Phi) is 5.25. The van der Waals surface area contributed by atoms with Crippen molar-refractivity contribution >= 4 is 0 Å². The smallest absolute Gasteiger partial charge is 0.113 e. The fourth-order valence-electron chi connectivity index (χ4n) is 3.43. The Labute approximate surface area is 148 Å². The van der Waals surface area contributed by atoms with Gasteiger partial charge in [0.05, 0.1) is 6.10 Å². The lowest BCUT2D eigenvalue weighted by molar-refractivity contribution is -0.219. The number of ether oxygens (including phenoxy) is 1. The molecule has 5 atom stereocenters. The second kappa shape index (κ2) is 7.26. The van der Waals surface area contributed by atoms with Gasteiger partial charge < -0.3 is 20.1 Å². The van der Waals surface area contributed by atoms with Crippen molar-refractivity contribution in [1.82, 2.24) is 0 Å². The fourth-order valence-corrected chi connectivity index (χ4v) is 3.43. The van der Waals surface area contributed by atoms with Gasteiger partial charge >= 0.3 is 0 Å². The van der Waals surface area contributed by atoms with Crippen LogP contribution in [-0.4, -0.2) is 39.7 Å². The van der Waals surface area contributed by atoms with E-state index in [2.05, 4.69) is 38.1 Å². The second-order valence-corrected chi connectivity index (χ2v) is 7.09. The molecule has 134 valence electrons. The predicted octanol–water partition coefficient (Wildman–Crippen LogP) is 2.44. The van der Waals surface area contributed by atoms with Crippen LogP contribution in [0.5, 0.6) is 0 Å². The average Bonchev–Trinajstić information content (AvgIpc) is 2.58. The first kappa shape index (κ1) is 18.1. The van der Waals surface area contributed by atoms with Crippen molar-refractivity contribution in [2.75, 3.05) is 0 Å². The molecule has 2 aromatic carbocycles. The number of rotatable bonds is 3. The third kappa shape index (κ3) is 3.77. The van der Waals surface area contributed by atoms with Crippen molar-refractivity contribution in [2.45, 2.75) is 57.7 Å². The van der Waals surface area contributed by atoms with Crippen LogP contribution in [0, 0.1) is 13.8 Å². The highest BCUT2D eigenvalue weighted by atomic mass is 16.5. The molecule has 2 aromatic rings. The molecule has 1 aliphatic heterocycles. The molecule has 1 heterocycles. The summed E-state index contributed by atoms with van der Waals surface area (Å²) >= 11 is 0. The summed E-state index contributed by atoms with van der Waals surface area (Å²) in [4.78, 5) is 0. The minimum Gasteiger partial charge on any atom is -0.388 e. The average molecular weight is 342 g/mol. The molecule has 0 bridgehead atoms. The summed E-state index contributed by atoms with van der Waals surface area (Å²) in [6.45, 7) is 5.84. The number of hydrogen-bond donors (Lipinski definition) is 3. The van der Waals surface area contributed by atoms with E-state index in [1.807, 2.05) is 18.2 Å². The van der Waals surface area contributed by atoms with Crippen LogP contribution in [0.2, 0.25) is 0 Å². The Morgan fingerprint density at radius 1 is 0.920 bits per heavy atom. The lowest BCUT2D eigenvalue weighted by Gasteiger charge is -2.39. The summed E-state index contributed by atoms with van der Waals surface area (Å²) in [7, 11) is 0. The van der Waals surface area contributed by atoms with E-state index in [4.69, 9.17) is 4.74 Å². The minimum absolute atomic E-state index is 0.537. The molecule has 25 heavy (non-hydrogen) atoms. The van der Waals surface area contributed by atoms with Crippen molar-refractivity contribution in [2.24, 2.45) is 0 Å². The molecular weight excluding hydrogens is 316 g/mol. The SMILES string of the molecule is Cc1cccc(Cc2cc([C@@H]3O[C@H](C)[C@@H](O)[C@H](O)[C@H]3O)ccc2C)c1. The highest BCUT2D eigenvalue weighted by Gasteiger charge is 2.42. The number of aryl methyl sites for hydroxylation is 2. The summed E-state index contributed by atoms with van der Waals surface area (Å²) in [6, 6.07) is 14.4. The molecule has 4 heteroatoms. The van der Waals surface area contributed by atoms with E-state index < -0.39 is 30.5 Å². The van der Waals surface area contributed by atoms with Crippen molar-refractivity contribution in [1.29, 1.82) is 0 Å². The van der Waals surface area contributed by atoms with Crippen LogP contribution >= 0.6 is 0 Å². The Morgan fingerprint density at radius 3 is 2.40 bits per heavy atom. The first-order valence-corrected chi connectivity index (χ1v) is 8.71. The van der Waals surface area contributed by atoms with Crippen LogP contribution in [0.25, 0.3) is 0 Å². The second-order valence-electron chi connectivity index (χ2n) is 7.09. The van der Waals surface area contributed by atoms with Crippen LogP contribution in [0.4, 0.5) is 0 Å². The zero-order chi connectivity index (χ0) is 18.1. The van der Waals surface area contributed by atoms with Crippen LogP contribution < -0.4 is 0 Å². The number of hydrogen-bond acceptors (Lipinski definition) is 4. The molecule has 1 aliphatic rings. The maximum absolute atomic E-state index is 10.3. The van der Waals surface area contributed by atoms with Gasteiger partial charge in [-0.1, -0.05) is 48.0 Å². The van der Waals surface area contributed by atoms with Crippen molar-refractivity contribution in [3.63, 3.8) is 0 Å². The van der Waals surface area contributed by atoms with Gasteiger partial charge in [0, 0.05) is 0 Å². The van der Waals surface area contributed by atoms with Gasteiger partial charge in [-0.3, -0.25) is 0 Å². The maximum Gasteiger partial charge on any atom is 0.113 e. The van der Waals surface area contributed by atoms with Crippen LogP contribution in [0.1, 0.15) is 40.8 Å². The van der Waals surface area contributed by atoms with E-state index in [1.165, 1.54) is 16.7 Å². The predicted molar refractivity (Wildman–Crippen MR) is 96.5 cm³/mol. The van der Waals surface area contributed by atoms with E-state index in [9.17, 15) is 15.3 Å². The van der Waals surface area contributed by atoms with Gasteiger partial charge in [0.25, 0.3) is 0 Å².